The second kappa shape index (κ2) is 11.6. The molecule has 0 bridgehead atoms. The van der Waals surface area contributed by atoms with Crippen LogP contribution in [0.5, 0.6) is 0 Å². The Morgan fingerprint density at radius 3 is 2.52 bits per heavy atom. The number of benzene rings is 2. The number of aromatic amines is 1. The van der Waals surface area contributed by atoms with Crippen molar-refractivity contribution >= 4 is 24.2 Å². The van der Waals surface area contributed by atoms with Gasteiger partial charge in [-0.05, 0) is 48.8 Å². The van der Waals surface area contributed by atoms with Crippen LogP contribution in [-0.2, 0) is 22.2 Å². The molecule has 0 radical (unpaired) electrons. The van der Waals surface area contributed by atoms with Gasteiger partial charge >= 0.3 is 0 Å². The molecule has 0 fully saturated rings. The van der Waals surface area contributed by atoms with Gasteiger partial charge in [0.1, 0.15) is 0 Å². The van der Waals surface area contributed by atoms with Gasteiger partial charge in [-0.1, -0.05) is 62.4 Å². The lowest BCUT2D eigenvalue weighted by atomic mass is 9.98. The van der Waals surface area contributed by atoms with Gasteiger partial charge in [-0.15, -0.1) is 0 Å². The lowest BCUT2D eigenvalue weighted by molar-refractivity contribution is -0.124. The number of hydrogen-bond donors (Lipinski definition) is 4. The summed E-state index contributed by atoms with van der Waals surface area (Å²) in [4.78, 5) is 26.9. The first kappa shape index (κ1) is 25.2. The van der Waals surface area contributed by atoms with Crippen molar-refractivity contribution in [1.82, 2.24) is 10.3 Å². The molecule has 5 N–H and O–H groups in total. The van der Waals surface area contributed by atoms with Gasteiger partial charge in [0.2, 0.25) is 13.3 Å². The molecule has 3 atom stereocenters. The molecule has 1 amide bonds. The maximum absolute atomic E-state index is 13.1. The molecule has 3 aromatic rings. The normalized spacial score (nSPS) is 15.3. The first-order valence-corrected chi connectivity index (χ1v) is 13.6. The summed E-state index contributed by atoms with van der Waals surface area (Å²) in [6.07, 6.45) is 4.18. The monoisotopic (exact) mass is 469 g/mol. The summed E-state index contributed by atoms with van der Waals surface area (Å²) in [5, 5.41) is 4.13. The van der Waals surface area contributed by atoms with Crippen LogP contribution in [0.3, 0.4) is 0 Å². The molecule has 33 heavy (non-hydrogen) atoms. The average molecular weight is 470 g/mol. The summed E-state index contributed by atoms with van der Waals surface area (Å²) in [7, 11) is -3.69. The Morgan fingerprint density at radius 2 is 1.79 bits per heavy atom. The van der Waals surface area contributed by atoms with Crippen LogP contribution in [0.4, 0.5) is 0 Å². The summed E-state index contributed by atoms with van der Waals surface area (Å²) in [5.74, 6) is -1.32. The first-order chi connectivity index (χ1) is 15.8. The van der Waals surface area contributed by atoms with E-state index in [1.54, 1.807) is 0 Å². The van der Waals surface area contributed by atoms with E-state index in [4.69, 9.17) is 5.73 Å². The number of aromatic nitrogens is 1. The molecule has 3 rings (SSSR count). The van der Waals surface area contributed by atoms with Crippen LogP contribution in [0.1, 0.15) is 37.8 Å². The molecule has 2 aromatic carbocycles. The smallest absolute Gasteiger partial charge is 0.223 e. The number of H-pyrrole nitrogens is 1. The van der Waals surface area contributed by atoms with Gasteiger partial charge in [-0.2, -0.15) is 0 Å². The number of carbonyl (C=O) groups is 1. The maximum Gasteiger partial charge on any atom is 0.223 e. The van der Waals surface area contributed by atoms with Gasteiger partial charge in [0.15, 0.2) is 0 Å². The van der Waals surface area contributed by atoms with Crippen molar-refractivity contribution < 1.29 is 14.3 Å². The molecule has 6 nitrogen and oxygen atoms in total. The number of hydrogen-bond acceptors (Lipinski definition) is 3. The van der Waals surface area contributed by atoms with Crippen LogP contribution in [0.15, 0.2) is 60.8 Å². The number of nitrogens with two attached hydrogens (primary N) is 1. The summed E-state index contributed by atoms with van der Waals surface area (Å²) in [6, 6.07) is 17.9. The third-order valence-corrected chi connectivity index (χ3v) is 8.33. The second-order valence-electron chi connectivity index (χ2n) is 9.26. The van der Waals surface area contributed by atoms with Crippen molar-refractivity contribution in [3.05, 3.63) is 71.9 Å². The fourth-order valence-electron chi connectivity index (χ4n) is 4.25. The van der Waals surface area contributed by atoms with Crippen LogP contribution >= 0.6 is 7.37 Å². The zero-order valence-corrected chi connectivity index (χ0v) is 20.4. The predicted octanol–water partition coefficient (Wildman–Crippen LogP) is 4.68. The van der Waals surface area contributed by atoms with Crippen molar-refractivity contribution in [2.45, 2.75) is 45.3 Å². The zero-order valence-electron chi connectivity index (χ0n) is 19.5. The summed E-state index contributed by atoms with van der Waals surface area (Å²) in [5.41, 5.74) is 9.44. The summed E-state index contributed by atoms with van der Waals surface area (Å²) < 4.78 is 13.1. The quantitative estimate of drug-likeness (QED) is 0.289. The highest BCUT2D eigenvalue weighted by atomic mass is 31.2. The fourth-order valence-corrected chi connectivity index (χ4v) is 6.00. The van der Waals surface area contributed by atoms with Crippen molar-refractivity contribution in [3.63, 3.8) is 0 Å². The Morgan fingerprint density at radius 1 is 1.09 bits per heavy atom. The van der Waals surface area contributed by atoms with Gasteiger partial charge in [-0.3, -0.25) is 9.36 Å². The summed E-state index contributed by atoms with van der Waals surface area (Å²) in [6.45, 7) is 4.51. The fraction of sp³-hybridized carbons (Fsp3) is 0.423. The van der Waals surface area contributed by atoms with E-state index in [1.807, 2.05) is 68.6 Å². The third kappa shape index (κ3) is 7.29. The van der Waals surface area contributed by atoms with E-state index < -0.39 is 19.1 Å². The molecule has 0 aliphatic rings. The van der Waals surface area contributed by atoms with E-state index in [2.05, 4.69) is 16.4 Å². The van der Waals surface area contributed by atoms with E-state index in [9.17, 15) is 14.3 Å². The average Bonchev–Trinajstić information content (AvgIpc) is 3.20. The molecule has 0 aliphatic heterocycles. The molecule has 0 aliphatic carbocycles. The molecule has 1 aromatic heterocycles. The van der Waals surface area contributed by atoms with E-state index in [1.165, 1.54) is 0 Å². The van der Waals surface area contributed by atoms with E-state index in [-0.39, 0.29) is 18.0 Å². The number of amides is 1. The Labute approximate surface area is 196 Å². The van der Waals surface area contributed by atoms with Crippen molar-refractivity contribution in [2.24, 2.45) is 17.6 Å². The third-order valence-electron chi connectivity index (χ3n) is 6.07. The minimum atomic E-state index is -3.69. The molecular weight excluding hydrogens is 433 g/mol. The number of nitrogens with one attached hydrogen (secondary N) is 2. The highest BCUT2D eigenvalue weighted by Crippen LogP contribution is 2.48. The van der Waals surface area contributed by atoms with Crippen molar-refractivity contribution in [3.8, 4) is 0 Å². The Balaban J connectivity index is 1.56. The topological polar surface area (TPSA) is 108 Å². The van der Waals surface area contributed by atoms with Crippen LogP contribution in [-0.4, -0.2) is 34.3 Å². The van der Waals surface area contributed by atoms with Crippen LogP contribution in [0.25, 0.3) is 10.9 Å². The molecular formula is C26H36N3O3P. The SMILES string of the molecule is CC(C)C[C@H](CP(=O)(O)[C@@H](N)CCc1ccccc1)C(=O)NCCc1c[nH]c2ccccc12. The number of fused-ring (bicyclic) bond motifs is 1. The zero-order chi connectivity index (χ0) is 23.8. The first-order valence-electron chi connectivity index (χ1n) is 11.7. The lowest BCUT2D eigenvalue weighted by Gasteiger charge is -2.25. The number of rotatable bonds is 12. The maximum atomic E-state index is 13.1. The summed E-state index contributed by atoms with van der Waals surface area (Å²) >= 11 is 0. The molecule has 1 heterocycles. The highest BCUT2D eigenvalue weighted by Gasteiger charge is 2.34. The highest BCUT2D eigenvalue weighted by molar-refractivity contribution is 7.58. The van der Waals surface area contributed by atoms with Gasteiger partial charge in [0, 0.05) is 35.7 Å². The van der Waals surface area contributed by atoms with E-state index in [0.717, 1.165) is 22.0 Å². The van der Waals surface area contributed by atoms with E-state index >= 15 is 0 Å². The second-order valence-corrected chi connectivity index (χ2v) is 11.8. The Bertz CT molecular complexity index is 1080. The molecule has 178 valence electrons. The van der Waals surface area contributed by atoms with Crippen molar-refractivity contribution in [2.75, 3.05) is 12.7 Å². The van der Waals surface area contributed by atoms with Crippen LogP contribution < -0.4 is 11.1 Å². The standard InChI is InChI=1S/C26H36N3O3P/c1-19(2)16-22(18-33(31,32)25(27)13-12-20-8-4-3-5-9-20)26(30)28-15-14-21-17-29-24-11-7-6-10-23(21)24/h3-11,17,19,22,25,29H,12-16,18,27H2,1-2H3,(H,28,30)(H,31,32)/t22-,25-/m1/s1. The minimum absolute atomic E-state index is 0.0833. The van der Waals surface area contributed by atoms with Crippen LogP contribution in [0.2, 0.25) is 0 Å². The van der Waals surface area contributed by atoms with Crippen molar-refractivity contribution in [1.29, 1.82) is 0 Å². The number of aryl methyl sites for hydroxylation is 1. The molecule has 7 heteroatoms. The Hall–Kier alpha value is -2.40. The molecule has 0 saturated carbocycles. The van der Waals surface area contributed by atoms with Gasteiger partial charge < -0.3 is 20.9 Å². The Kier molecular flexibility index (Phi) is 8.90. The molecule has 1 unspecified atom stereocenters. The minimum Gasteiger partial charge on any atom is -0.361 e. The number of para-hydroxylation sites is 1. The largest absolute Gasteiger partial charge is 0.361 e. The predicted molar refractivity (Wildman–Crippen MR) is 135 cm³/mol. The van der Waals surface area contributed by atoms with Gasteiger partial charge in [0.05, 0.1) is 5.78 Å². The van der Waals surface area contributed by atoms with Gasteiger partial charge in [0.25, 0.3) is 0 Å². The van der Waals surface area contributed by atoms with Gasteiger partial charge in [-0.25, -0.2) is 0 Å². The van der Waals surface area contributed by atoms with Crippen LogP contribution in [0, 0.1) is 11.8 Å². The molecule has 0 spiro atoms. The molecule has 0 saturated heterocycles. The number of carbonyl (C=O) groups excluding carboxylic acids is 1. The lowest BCUT2D eigenvalue weighted by Crippen LogP contribution is -2.36. The van der Waals surface area contributed by atoms with E-state index in [0.29, 0.717) is 32.2 Å².